The molecule has 0 saturated heterocycles. The Hall–Kier alpha value is -3.51. The minimum absolute atomic E-state index is 0.183. The van der Waals surface area contributed by atoms with E-state index in [1.807, 2.05) is 55.5 Å². The summed E-state index contributed by atoms with van der Waals surface area (Å²) in [7, 11) is 0. The first kappa shape index (κ1) is 22.7. The van der Waals surface area contributed by atoms with Crippen LogP contribution < -0.4 is 0 Å². The lowest BCUT2D eigenvalue weighted by atomic mass is 10.0. The van der Waals surface area contributed by atoms with E-state index in [1.54, 1.807) is 37.3 Å². The van der Waals surface area contributed by atoms with Gasteiger partial charge in [0.2, 0.25) is 6.10 Å². The standard InChI is InChI=1S/C27H22BrNO4/c1-3-32-27(31)25(19-7-5-4-6-8-19)33-26(30)22-16-24(18-11-9-17(2)10-12-18)29-23-14-13-20(28)15-21(22)23/h4-16,25H,3H2,1-2H3/t25-/m0/s1. The summed E-state index contributed by atoms with van der Waals surface area (Å²) in [6.45, 7) is 3.91. The van der Waals surface area contributed by atoms with Crippen LogP contribution in [0.1, 0.15) is 34.5 Å². The molecular formula is C27H22BrNO4. The van der Waals surface area contributed by atoms with Crippen LogP contribution in [0, 0.1) is 6.92 Å². The highest BCUT2D eigenvalue weighted by atomic mass is 79.9. The average Bonchev–Trinajstić information content (AvgIpc) is 2.83. The van der Waals surface area contributed by atoms with Crippen molar-refractivity contribution in [2.24, 2.45) is 0 Å². The third-order valence-electron chi connectivity index (χ3n) is 5.17. The molecule has 0 radical (unpaired) electrons. The van der Waals surface area contributed by atoms with Gasteiger partial charge in [0.25, 0.3) is 0 Å². The minimum Gasteiger partial charge on any atom is -0.463 e. The second-order valence-corrected chi connectivity index (χ2v) is 8.45. The van der Waals surface area contributed by atoms with Crippen LogP contribution >= 0.6 is 15.9 Å². The summed E-state index contributed by atoms with van der Waals surface area (Å²) in [5, 5.41) is 0.626. The van der Waals surface area contributed by atoms with E-state index in [9.17, 15) is 9.59 Å². The molecule has 0 N–H and O–H groups in total. The molecule has 5 nitrogen and oxygen atoms in total. The van der Waals surface area contributed by atoms with Crippen LogP contribution in [-0.2, 0) is 14.3 Å². The summed E-state index contributed by atoms with van der Waals surface area (Å²) in [5.74, 6) is -1.24. The summed E-state index contributed by atoms with van der Waals surface area (Å²) >= 11 is 3.46. The number of halogens is 1. The number of rotatable bonds is 6. The fraction of sp³-hybridized carbons (Fsp3) is 0.148. The molecular weight excluding hydrogens is 482 g/mol. The first-order valence-corrected chi connectivity index (χ1v) is 11.4. The van der Waals surface area contributed by atoms with Crippen LogP contribution in [0.2, 0.25) is 0 Å². The highest BCUT2D eigenvalue weighted by Crippen LogP contribution is 2.30. The molecule has 0 unspecified atom stereocenters. The van der Waals surface area contributed by atoms with Crippen LogP contribution in [0.25, 0.3) is 22.2 Å². The number of carbonyl (C=O) groups is 2. The fourth-order valence-electron chi connectivity index (χ4n) is 3.51. The van der Waals surface area contributed by atoms with Gasteiger partial charge < -0.3 is 9.47 Å². The maximum atomic E-state index is 13.4. The Labute approximate surface area is 200 Å². The van der Waals surface area contributed by atoms with Crippen molar-refractivity contribution in [2.45, 2.75) is 20.0 Å². The molecule has 1 aromatic heterocycles. The largest absolute Gasteiger partial charge is 0.463 e. The first-order chi connectivity index (χ1) is 16.0. The van der Waals surface area contributed by atoms with Gasteiger partial charge in [-0.1, -0.05) is 76.1 Å². The van der Waals surface area contributed by atoms with Crippen LogP contribution in [0.15, 0.2) is 83.3 Å². The van der Waals surface area contributed by atoms with Crippen molar-refractivity contribution in [3.05, 3.63) is 100 Å². The Kier molecular flexibility index (Phi) is 6.84. The van der Waals surface area contributed by atoms with Crippen molar-refractivity contribution < 1.29 is 19.1 Å². The molecule has 0 aliphatic rings. The van der Waals surface area contributed by atoms with Crippen molar-refractivity contribution in [3.63, 3.8) is 0 Å². The third kappa shape index (κ3) is 5.12. The van der Waals surface area contributed by atoms with Gasteiger partial charge in [-0.2, -0.15) is 0 Å². The van der Waals surface area contributed by atoms with E-state index in [-0.39, 0.29) is 6.61 Å². The van der Waals surface area contributed by atoms with Crippen molar-refractivity contribution >= 4 is 38.8 Å². The Morgan fingerprint density at radius 2 is 1.70 bits per heavy atom. The number of ether oxygens (including phenoxy) is 2. The van der Waals surface area contributed by atoms with Crippen LogP contribution in [0.4, 0.5) is 0 Å². The number of hydrogen-bond acceptors (Lipinski definition) is 5. The summed E-state index contributed by atoms with van der Waals surface area (Å²) in [5.41, 5.74) is 4.16. The summed E-state index contributed by atoms with van der Waals surface area (Å²) in [4.78, 5) is 30.8. The average molecular weight is 504 g/mol. The molecule has 6 heteroatoms. The molecule has 3 aromatic carbocycles. The molecule has 1 atom stereocenters. The predicted octanol–water partition coefficient (Wildman–Crippen LogP) is 6.43. The molecule has 0 bridgehead atoms. The van der Waals surface area contributed by atoms with Crippen molar-refractivity contribution in [2.75, 3.05) is 6.61 Å². The Balaban J connectivity index is 1.79. The van der Waals surface area contributed by atoms with Gasteiger partial charge in [0.05, 0.1) is 23.4 Å². The van der Waals surface area contributed by atoms with Gasteiger partial charge in [0.15, 0.2) is 0 Å². The van der Waals surface area contributed by atoms with Crippen LogP contribution in [0.5, 0.6) is 0 Å². The van der Waals surface area contributed by atoms with Gasteiger partial charge in [0.1, 0.15) is 0 Å². The molecule has 0 saturated carbocycles. The molecule has 1 heterocycles. The fourth-order valence-corrected chi connectivity index (χ4v) is 3.87. The van der Waals surface area contributed by atoms with E-state index in [4.69, 9.17) is 14.5 Å². The number of pyridine rings is 1. The SMILES string of the molecule is CCOC(=O)[C@@H](OC(=O)c1cc(-c2ccc(C)cc2)nc2ccc(Br)cc12)c1ccccc1. The highest BCUT2D eigenvalue weighted by molar-refractivity contribution is 9.10. The van der Waals surface area contributed by atoms with E-state index >= 15 is 0 Å². The van der Waals surface area contributed by atoms with Gasteiger partial charge >= 0.3 is 11.9 Å². The van der Waals surface area contributed by atoms with Crippen molar-refractivity contribution in [3.8, 4) is 11.3 Å². The van der Waals surface area contributed by atoms with E-state index in [2.05, 4.69) is 15.9 Å². The lowest BCUT2D eigenvalue weighted by molar-refractivity contribution is -0.153. The van der Waals surface area contributed by atoms with Gasteiger partial charge in [-0.25, -0.2) is 14.6 Å². The lowest BCUT2D eigenvalue weighted by Crippen LogP contribution is -2.22. The molecule has 0 aliphatic carbocycles. The first-order valence-electron chi connectivity index (χ1n) is 10.6. The summed E-state index contributed by atoms with van der Waals surface area (Å²) in [6, 6.07) is 24.0. The predicted molar refractivity (Wildman–Crippen MR) is 131 cm³/mol. The van der Waals surface area contributed by atoms with Crippen molar-refractivity contribution in [1.29, 1.82) is 0 Å². The zero-order valence-corrected chi connectivity index (χ0v) is 19.8. The van der Waals surface area contributed by atoms with Crippen LogP contribution in [-0.4, -0.2) is 23.5 Å². The van der Waals surface area contributed by atoms with Gasteiger partial charge in [-0.05, 0) is 38.1 Å². The van der Waals surface area contributed by atoms with Crippen LogP contribution in [0.3, 0.4) is 0 Å². The van der Waals surface area contributed by atoms with E-state index < -0.39 is 18.0 Å². The zero-order chi connectivity index (χ0) is 23.4. The number of fused-ring (bicyclic) bond motifs is 1. The second-order valence-electron chi connectivity index (χ2n) is 7.53. The van der Waals surface area contributed by atoms with Gasteiger partial charge in [-0.15, -0.1) is 0 Å². The topological polar surface area (TPSA) is 65.5 Å². The number of hydrogen-bond donors (Lipinski definition) is 0. The van der Waals surface area contributed by atoms with E-state index in [1.165, 1.54) is 0 Å². The number of nitrogens with zero attached hydrogens (tertiary/aromatic N) is 1. The number of carbonyl (C=O) groups excluding carboxylic acids is 2. The Morgan fingerprint density at radius 1 is 0.970 bits per heavy atom. The lowest BCUT2D eigenvalue weighted by Gasteiger charge is -2.18. The normalized spacial score (nSPS) is 11.7. The summed E-state index contributed by atoms with van der Waals surface area (Å²) < 4.78 is 11.7. The minimum atomic E-state index is -1.17. The molecule has 0 amide bonds. The maximum Gasteiger partial charge on any atom is 0.352 e. The quantitative estimate of drug-likeness (QED) is 0.283. The Morgan fingerprint density at radius 3 is 2.39 bits per heavy atom. The zero-order valence-electron chi connectivity index (χ0n) is 18.2. The number of aromatic nitrogens is 1. The third-order valence-corrected chi connectivity index (χ3v) is 5.66. The molecule has 0 spiro atoms. The summed E-state index contributed by atoms with van der Waals surface area (Å²) in [6.07, 6.45) is -1.17. The molecule has 4 rings (SSSR count). The molecule has 166 valence electrons. The van der Waals surface area contributed by atoms with E-state index in [0.717, 1.165) is 15.6 Å². The van der Waals surface area contributed by atoms with Gasteiger partial charge in [-0.3, -0.25) is 0 Å². The molecule has 4 aromatic rings. The smallest absolute Gasteiger partial charge is 0.352 e. The number of aryl methyl sites for hydroxylation is 1. The molecule has 0 aliphatic heterocycles. The monoisotopic (exact) mass is 503 g/mol. The Bertz CT molecular complexity index is 1300. The number of esters is 2. The maximum absolute atomic E-state index is 13.4. The van der Waals surface area contributed by atoms with Crippen molar-refractivity contribution in [1.82, 2.24) is 4.98 Å². The number of benzene rings is 3. The molecule has 33 heavy (non-hydrogen) atoms. The molecule has 0 fully saturated rings. The van der Waals surface area contributed by atoms with Gasteiger partial charge in [0, 0.05) is 21.0 Å². The van der Waals surface area contributed by atoms with E-state index in [0.29, 0.717) is 27.7 Å². The second kappa shape index (κ2) is 9.96. The highest BCUT2D eigenvalue weighted by Gasteiger charge is 2.28.